The standard InChI is InChI=1S/C21H16F3N5O/c1-3-16(20-29-28-19(30-20)14-6-4-13(10-25)5-7-14)27-17-9-8-15(11-26)18(12(17)2)21(22,23)24/h4-9,16,27H,3H2,1-2H3/t16-/m1/s1. The largest absolute Gasteiger partial charge is 0.418 e. The summed E-state index contributed by atoms with van der Waals surface area (Å²) in [5, 5.41) is 28.9. The van der Waals surface area contributed by atoms with Crippen LogP contribution in [-0.2, 0) is 6.18 Å². The van der Waals surface area contributed by atoms with Crippen LogP contribution in [0.1, 0.15) is 47.5 Å². The van der Waals surface area contributed by atoms with Gasteiger partial charge in [0.15, 0.2) is 0 Å². The topological polar surface area (TPSA) is 98.5 Å². The van der Waals surface area contributed by atoms with E-state index in [1.165, 1.54) is 13.0 Å². The van der Waals surface area contributed by atoms with Crippen molar-refractivity contribution in [1.29, 1.82) is 10.5 Å². The average molecular weight is 411 g/mol. The van der Waals surface area contributed by atoms with Crippen molar-refractivity contribution in [3.8, 4) is 23.6 Å². The molecule has 0 aliphatic heterocycles. The lowest BCUT2D eigenvalue weighted by Crippen LogP contribution is -2.15. The Kier molecular flexibility index (Phi) is 5.74. The van der Waals surface area contributed by atoms with Crippen molar-refractivity contribution in [1.82, 2.24) is 10.2 Å². The average Bonchev–Trinajstić information content (AvgIpc) is 3.21. The molecule has 0 bridgehead atoms. The summed E-state index contributed by atoms with van der Waals surface area (Å²) < 4.78 is 46.0. The second kappa shape index (κ2) is 8.26. The number of alkyl halides is 3. The first-order valence-corrected chi connectivity index (χ1v) is 8.99. The second-order valence-corrected chi connectivity index (χ2v) is 6.51. The first-order valence-electron chi connectivity index (χ1n) is 8.99. The lowest BCUT2D eigenvalue weighted by Gasteiger charge is -2.20. The number of halogens is 3. The normalized spacial score (nSPS) is 12.1. The molecular formula is C21H16F3N5O. The Balaban J connectivity index is 1.91. The SMILES string of the molecule is CC[C@@H](Nc1ccc(C#N)c(C(F)(F)F)c1C)c1nnc(-c2ccc(C#N)cc2)o1. The number of nitriles is 2. The molecule has 1 atom stereocenters. The van der Waals surface area contributed by atoms with Crippen molar-refractivity contribution in [3.63, 3.8) is 0 Å². The lowest BCUT2D eigenvalue weighted by atomic mass is 9.99. The van der Waals surface area contributed by atoms with Gasteiger partial charge in [-0.1, -0.05) is 6.92 Å². The molecule has 2 aromatic carbocycles. The van der Waals surface area contributed by atoms with E-state index in [-0.39, 0.29) is 23.0 Å². The fourth-order valence-corrected chi connectivity index (χ4v) is 3.03. The molecule has 0 unspecified atom stereocenters. The first-order chi connectivity index (χ1) is 14.3. The quantitative estimate of drug-likeness (QED) is 0.606. The number of anilines is 1. The van der Waals surface area contributed by atoms with E-state index in [2.05, 4.69) is 15.5 Å². The van der Waals surface area contributed by atoms with Crippen LogP contribution in [0.4, 0.5) is 18.9 Å². The minimum atomic E-state index is -4.65. The number of benzene rings is 2. The van der Waals surface area contributed by atoms with E-state index in [1.54, 1.807) is 30.3 Å². The van der Waals surface area contributed by atoms with Gasteiger partial charge in [-0.15, -0.1) is 10.2 Å². The molecule has 1 heterocycles. The van der Waals surface area contributed by atoms with Crippen LogP contribution in [0, 0.1) is 29.6 Å². The minimum Gasteiger partial charge on any atom is -0.418 e. The molecule has 1 N–H and O–H groups in total. The minimum absolute atomic E-state index is 0.0770. The molecule has 30 heavy (non-hydrogen) atoms. The van der Waals surface area contributed by atoms with Gasteiger partial charge in [0.2, 0.25) is 11.8 Å². The van der Waals surface area contributed by atoms with Crippen molar-refractivity contribution in [2.75, 3.05) is 5.32 Å². The van der Waals surface area contributed by atoms with E-state index in [0.717, 1.165) is 6.07 Å². The predicted molar refractivity (Wildman–Crippen MR) is 102 cm³/mol. The Hall–Kier alpha value is -3.85. The molecule has 0 radical (unpaired) electrons. The molecule has 0 aliphatic rings. The van der Waals surface area contributed by atoms with Crippen molar-refractivity contribution < 1.29 is 17.6 Å². The number of hydrogen-bond donors (Lipinski definition) is 1. The number of nitrogens with zero attached hydrogens (tertiary/aromatic N) is 4. The molecule has 3 rings (SSSR count). The lowest BCUT2D eigenvalue weighted by molar-refractivity contribution is -0.138. The Morgan fingerprint density at radius 1 is 1.07 bits per heavy atom. The summed E-state index contributed by atoms with van der Waals surface area (Å²) in [5.74, 6) is 0.455. The van der Waals surface area contributed by atoms with Crippen molar-refractivity contribution in [2.24, 2.45) is 0 Å². The molecule has 0 aliphatic carbocycles. The second-order valence-electron chi connectivity index (χ2n) is 6.51. The third-order valence-electron chi connectivity index (χ3n) is 4.61. The Bertz CT molecular complexity index is 1140. The van der Waals surface area contributed by atoms with Crippen LogP contribution in [0.2, 0.25) is 0 Å². The number of nitrogens with one attached hydrogen (secondary N) is 1. The highest BCUT2D eigenvalue weighted by atomic mass is 19.4. The van der Waals surface area contributed by atoms with Crippen LogP contribution < -0.4 is 5.32 Å². The smallest absolute Gasteiger partial charge is 0.418 e. The number of hydrogen-bond acceptors (Lipinski definition) is 6. The first kappa shape index (κ1) is 20.9. The highest BCUT2D eigenvalue weighted by molar-refractivity contribution is 5.61. The zero-order chi connectivity index (χ0) is 21.9. The van der Waals surface area contributed by atoms with Crippen molar-refractivity contribution in [3.05, 3.63) is 64.5 Å². The van der Waals surface area contributed by atoms with Crippen LogP contribution in [-0.4, -0.2) is 10.2 Å². The van der Waals surface area contributed by atoms with E-state index in [4.69, 9.17) is 14.9 Å². The van der Waals surface area contributed by atoms with Crippen molar-refractivity contribution >= 4 is 5.69 Å². The van der Waals surface area contributed by atoms with Gasteiger partial charge in [0.05, 0.1) is 28.8 Å². The summed E-state index contributed by atoms with van der Waals surface area (Å²) >= 11 is 0. The molecule has 9 heteroatoms. The zero-order valence-corrected chi connectivity index (χ0v) is 16.1. The Morgan fingerprint density at radius 3 is 2.33 bits per heavy atom. The molecule has 0 fully saturated rings. The number of aromatic nitrogens is 2. The maximum atomic E-state index is 13.4. The molecule has 0 spiro atoms. The van der Waals surface area contributed by atoms with Gasteiger partial charge in [-0.05, 0) is 55.3 Å². The van der Waals surface area contributed by atoms with Crippen LogP contribution in [0.3, 0.4) is 0 Å². The number of rotatable bonds is 5. The van der Waals surface area contributed by atoms with E-state index in [0.29, 0.717) is 17.5 Å². The summed E-state index contributed by atoms with van der Waals surface area (Å²) in [6.07, 6.45) is -4.18. The van der Waals surface area contributed by atoms with E-state index >= 15 is 0 Å². The molecule has 3 aromatic rings. The Morgan fingerprint density at radius 2 is 1.77 bits per heavy atom. The van der Waals surface area contributed by atoms with E-state index in [9.17, 15) is 13.2 Å². The highest BCUT2D eigenvalue weighted by Gasteiger charge is 2.36. The van der Waals surface area contributed by atoms with Gasteiger partial charge in [0.25, 0.3) is 0 Å². The summed E-state index contributed by atoms with van der Waals surface area (Å²) in [4.78, 5) is 0. The summed E-state index contributed by atoms with van der Waals surface area (Å²) in [6.45, 7) is 3.14. The van der Waals surface area contributed by atoms with Gasteiger partial charge >= 0.3 is 6.18 Å². The molecule has 6 nitrogen and oxygen atoms in total. The van der Waals surface area contributed by atoms with Gasteiger partial charge in [-0.25, -0.2) is 0 Å². The van der Waals surface area contributed by atoms with Gasteiger partial charge < -0.3 is 9.73 Å². The summed E-state index contributed by atoms with van der Waals surface area (Å²) in [7, 11) is 0. The van der Waals surface area contributed by atoms with Gasteiger partial charge in [-0.3, -0.25) is 0 Å². The predicted octanol–water partition coefficient (Wildman–Crippen LogP) is 5.37. The molecular weight excluding hydrogens is 395 g/mol. The molecule has 0 saturated carbocycles. The molecule has 0 amide bonds. The van der Waals surface area contributed by atoms with Crippen LogP contribution in [0.25, 0.3) is 11.5 Å². The third-order valence-corrected chi connectivity index (χ3v) is 4.61. The van der Waals surface area contributed by atoms with Gasteiger partial charge in [0.1, 0.15) is 6.04 Å². The maximum absolute atomic E-state index is 13.4. The molecule has 1 aromatic heterocycles. The van der Waals surface area contributed by atoms with Gasteiger partial charge in [-0.2, -0.15) is 23.7 Å². The van der Waals surface area contributed by atoms with Gasteiger partial charge in [0, 0.05) is 11.3 Å². The highest BCUT2D eigenvalue weighted by Crippen LogP contribution is 2.38. The molecule has 152 valence electrons. The fourth-order valence-electron chi connectivity index (χ4n) is 3.03. The molecule has 0 saturated heterocycles. The maximum Gasteiger partial charge on any atom is 0.418 e. The van der Waals surface area contributed by atoms with E-state index < -0.39 is 23.3 Å². The fraction of sp³-hybridized carbons (Fsp3) is 0.238. The Labute approximate surface area is 170 Å². The monoisotopic (exact) mass is 411 g/mol. The van der Waals surface area contributed by atoms with E-state index in [1.807, 2.05) is 13.0 Å². The zero-order valence-electron chi connectivity index (χ0n) is 16.1. The van der Waals surface area contributed by atoms with Crippen LogP contribution in [0.15, 0.2) is 40.8 Å². The third kappa shape index (κ3) is 4.11. The van der Waals surface area contributed by atoms with Crippen LogP contribution >= 0.6 is 0 Å². The summed E-state index contributed by atoms with van der Waals surface area (Å²) in [6, 6.07) is 12.2. The van der Waals surface area contributed by atoms with Crippen LogP contribution in [0.5, 0.6) is 0 Å². The van der Waals surface area contributed by atoms with Crippen molar-refractivity contribution in [2.45, 2.75) is 32.5 Å². The summed E-state index contributed by atoms with van der Waals surface area (Å²) in [5.41, 5.74) is -0.133.